The summed E-state index contributed by atoms with van der Waals surface area (Å²) in [6.07, 6.45) is 1.05. The Morgan fingerprint density at radius 3 is 2.95 bits per heavy atom. The molecule has 1 amide bonds. The van der Waals surface area contributed by atoms with Gasteiger partial charge in [-0.05, 0) is 31.0 Å². The van der Waals surface area contributed by atoms with E-state index in [9.17, 15) is 9.18 Å². The molecule has 0 bridgehead atoms. The third kappa shape index (κ3) is 3.30. The van der Waals surface area contributed by atoms with Gasteiger partial charge in [0.1, 0.15) is 5.82 Å². The highest BCUT2D eigenvalue weighted by Gasteiger charge is 2.31. The largest absolute Gasteiger partial charge is 0.329 e. The Labute approximate surface area is 112 Å². The maximum Gasteiger partial charge on any atom is 0.238 e. The lowest BCUT2D eigenvalue weighted by Crippen LogP contribution is -2.42. The van der Waals surface area contributed by atoms with Gasteiger partial charge in [-0.1, -0.05) is 19.1 Å². The number of hydrogen-bond donors (Lipinski definition) is 2. The number of nitrogens with two attached hydrogens (primary N) is 1. The van der Waals surface area contributed by atoms with E-state index in [1.165, 1.54) is 6.07 Å². The van der Waals surface area contributed by atoms with Gasteiger partial charge in [0.05, 0.1) is 12.2 Å². The van der Waals surface area contributed by atoms with Crippen LogP contribution in [0.4, 0.5) is 10.1 Å². The maximum atomic E-state index is 13.4. The Bertz CT molecular complexity index is 452. The zero-order valence-electron chi connectivity index (χ0n) is 11.1. The van der Waals surface area contributed by atoms with Gasteiger partial charge in [-0.2, -0.15) is 0 Å². The molecule has 1 aromatic carbocycles. The number of carbonyl (C=O) groups excluding carboxylic acids is 1. The number of hydrogen-bond acceptors (Lipinski definition) is 3. The predicted octanol–water partition coefficient (Wildman–Crippen LogP) is 1.43. The molecule has 1 heterocycles. The second-order valence-corrected chi connectivity index (χ2v) is 5.07. The van der Waals surface area contributed by atoms with Crippen molar-refractivity contribution in [2.75, 3.05) is 25.0 Å². The van der Waals surface area contributed by atoms with Crippen LogP contribution in [0.2, 0.25) is 0 Å². The van der Waals surface area contributed by atoms with E-state index in [2.05, 4.69) is 17.1 Å². The molecule has 3 N–H and O–H groups in total. The summed E-state index contributed by atoms with van der Waals surface area (Å²) >= 11 is 0. The van der Waals surface area contributed by atoms with Crippen molar-refractivity contribution in [1.29, 1.82) is 0 Å². The van der Waals surface area contributed by atoms with Crippen molar-refractivity contribution in [2.45, 2.75) is 19.4 Å². The molecule has 0 radical (unpaired) electrons. The SMILES string of the molecule is CC1CCN(CC(=O)Nc2ccccc2F)C1CN. The van der Waals surface area contributed by atoms with Gasteiger partial charge in [0.15, 0.2) is 0 Å². The summed E-state index contributed by atoms with van der Waals surface area (Å²) in [6, 6.07) is 6.42. The van der Waals surface area contributed by atoms with Gasteiger partial charge in [0.2, 0.25) is 5.91 Å². The number of amides is 1. The van der Waals surface area contributed by atoms with Gasteiger partial charge in [-0.15, -0.1) is 0 Å². The summed E-state index contributed by atoms with van der Waals surface area (Å²) in [6.45, 7) is 3.83. The molecule has 1 saturated heterocycles. The van der Waals surface area contributed by atoms with Crippen LogP contribution in [0.25, 0.3) is 0 Å². The number of para-hydroxylation sites is 1. The normalized spacial score (nSPS) is 23.5. The molecule has 104 valence electrons. The predicted molar refractivity (Wildman–Crippen MR) is 73.2 cm³/mol. The van der Waals surface area contributed by atoms with Gasteiger partial charge in [0, 0.05) is 12.6 Å². The highest BCUT2D eigenvalue weighted by atomic mass is 19.1. The van der Waals surface area contributed by atoms with Gasteiger partial charge >= 0.3 is 0 Å². The lowest BCUT2D eigenvalue weighted by atomic mass is 10.0. The average molecular weight is 265 g/mol. The van der Waals surface area contributed by atoms with Crippen molar-refractivity contribution in [3.05, 3.63) is 30.1 Å². The molecule has 0 saturated carbocycles. The van der Waals surface area contributed by atoms with Crippen molar-refractivity contribution in [1.82, 2.24) is 4.90 Å². The van der Waals surface area contributed by atoms with E-state index >= 15 is 0 Å². The summed E-state index contributed by atoms with van der Waals surface area (Å²) in [5.74, 6) is -0.107. The molecular weight excluding hydrogens is 245 g/mol. The first-order valence-corrected chi connectivity index (χ1v) is 6.60. The topological polar surface area (TPSA) is 58.4 Å². The first-order valence-electron chi connectivity index (χ1n) is 6.60. The number of carbonyl (C=O) groups is 1. The third-order valence-electron chi connectivity index (χ3n) is 3.73. The van der Waals surface area contributed by atoms with Gasteiger partial charge in [0.25, 0.3) is 0 Å². The van der Waals surface area contributed by atoms with Crippen LogP contribution in [-0.2, 0) is 4.79 Å². The Morgan fingerprint density at radius 1 is 1.53 bits per heavy atom. The highest BCUT2D eigenvalue weighted by molar-refractivity contribution is 5.92. The molecule has 2 unspecified atom stereocenters. The number of nitrogens with one attached hydrogen (secondary N) is 1. The molecule has 0 spiro atoms. The Hall–Kier alpha value is -1.46. The molecule has 1 aliphatic rings. The fourth-order valence-electron chi connectivity index (χ4n) is 2.60. The van der Waals surface area contributed by atoms with Crippen molar-refractivity contribution in [3.8, 4) is 0 Å². The monoisotopic (exact) mass is 265 g/mol. The lowest BCUT2D eigenvalue weighted by Gasteiger charge is -2.24. The second-order valence-electron chi connectivity index (χ2n) is 5.07. The molecule has 0 aromatic heterocycles. The molecule has 19 heavy (non-hydrogen) atoms. The van der Waals surface area contributed by atoms with Crippen LogP contribution in [0.15, 0.2) is 24.3 Å². The summed E-state index contributed by atoms with van der Waals surface area (Å²) in [4.78, 5) is 14.0. The minimum Gasteiger partial charge on any atom is -0.329 e. The summed E-state index contributed by atoms with van der Waals surface area (Å²) < 4.78 is 13.4. The minimum atomic E-state index is -0.416. The van der Waals surface area contributed by atoms with Crippen LogP contribution in [0.5, 0.6) is 0 Å². The van der Waals surface area contributed by atoms with Crippen molar-refractivity contribution >= 4 is 11.6 Å². The van der Waals surface area contributed by atoms with Gasteiger partial charge in [-0.25, -0.2) is 4.39 Å². The fourth-order valence-corrected chi connectivity index (χ4v) is 2.60. The first-order chi connectivity index (χ1) is 9.11. The Balaban J connectivity index is 1.93. The van der Waals surface area contributed by atoms with Crippen molar-refractivity contribution in [2.24, 2.45) is 11.7 Å². The number of likely N-dealkylation sites (tertiary alicyclic amines) is 1. The summed E-state index contributed by atoms with van der Waals surface area (Å²) in [5, 5.41) is 2.60. The van der Waals surface area contributed by atoms with E-state index < -0.39 is 5.82 Å². The van der Waals surface area contributed by atoms with E-state index in [4.69, 9.17) is 5.73 Å². The lowest BCUT2D eigenvalue weighted by molar-refractivity contribution is -0.117. The number of halogens is 1. The maximum absolute atomic E-state index is 13.4. The number of benzene rings is 1. The zero-order valence-corrected chi connectivity index (χ0v) is 11.1. The average Bonchev–Trinajstić information content (AvgIpc) is 2.72. The number of rotatable bonds is 4. The molecule has 2 atom stereocenters. The quantitative estimate of drug-likeness (QED) is 0.866. The van der Waals surface area contributed by atoms with E-state index in [1.807, 2.05) is 0 Å². The fraction of sp³-hybridized carbons (Fsp3) is 0.500. The van der Waals surface area contributed by atoms with Crippen LogP contribution in [0, 0.1) is 11.7 Å². The van der Waals surface area contributed by atoms with Crippen LogP contribution < -0.4 is 11.1 Å². The van der Waals surface area contributed by atoms with Crippen LogP contribution >= 0.6 is 0 Å². The Morgan fingerprint density at radius 2 is 2.26 bits per heavy atom. The standard InChI is InChI=1S/C14H20FN3O/c1-10-6-7-18(13(10)8-16)9-14(19)17-12-5-3-2-4-11(12)15/h2-5,10,13H,6-9,16H2,1H3,(H,17,19). The number of nitrogens with zero attached hydrogens (tertiary/aromatic N) is 1. The van der Waals surface area contributed by atoms with E-state index in [1.54, 1.807) is 18.2 Å². The molecule has 2 rings (SSSR count). The third-order valence-corrected chi connectivity index (χ3v) is 3.73. The molecule has 5 heteroatoms. The minimum absolute atomic E-state index is 0.197. The number of anilines is 1. The van der Waals surface area contributed by atoms with E-state index in [0.717, 1.165) is 13.0 Å². The van der Waals surface area contributed by atoms with Crippen LogP contribution in [0.3, 0.4) is 0 Å². The van der Waals surface area contributed by atoms with E-state index in [-0.39, 0.29) is 24.2 Å². The van der Waals surface area contributed by atoms with Gasteiger partial charge < -0.3 is 11.1 Å². The zero-order chi connectivity index (χ0) is 13.8. The van der Waals surface area contributed by atoms with Crippen molar-refractivity contribution in [3.63, 3.8) is 0 Å². The molecule has 1 aliphatic heterocycles. The smallest absolute Gasteiger partial charge is 0.238 e. The Kier molecular flexibility index (Phi) is 4.50. The van der Waals surface area contributed by atoms with E-state index in [0.29, 0.717) is 12.5 Å². The molecule has 0 aliphatic carbocycles. The molecular formula is C14H20FN3O. The highest BCUT2D eigenvalue weighted by Crippen LogP contribution is 2.22. The second kappa shape index (κ2) is 6.12. The first kappa shape index (κ1) is 14.0. The van der Waals surface area contributed by atoms with Crippen molar-refractivity contribution < 1.29 is 9.18 Å². The summed E-state index contributed by atoms with van der Waals surface area (Å²) in [5.41, 5.74) is 5.96. The van der Waals surface area contributed by atoms with Crippen LogP contribution in [-0.4, -0.2) is 36.5 Å². The molecule has 1 fully saturated rings. The molecule has 4 nitrogen and oxygen atoms in total. The summed E-state index contributed by atoms with van der Waals surface area (Å²) in [7, 11) is 0. The van der Waals surface area contributed by atoms with Crippen LogP contribution in [0.1, 0.15) is 13.3 Å². The van der Waals surface area contributed by atoms with Gasteiger partial charge in [-0.3, -0.25) is 9.69 Å². The molecule has 1 aromatic rings.